The van der Waals surface area contributed by atoms with Crippen LogP contribution >= 0.6 is 15.9 Å². The van der Waals surface area contributed by atoms with Gasteiger partial charge in [0.25, 0.3) is 0 Å². The van der Waals surface area contributed by atoms with Gasteiger partial charge in [-0.15, -0.1) is 5.10 Å². The summed E-state index contributed by atoms with van der Waals surface area (Å²) in [6, 6.07) is 0. The van der Waals surface area contributed by atoms with Gasteiger partial charge in [-0.2, -0.15) is 0 Å². The maximum Gasteiger partial charge on any atom is 0.105 e. The summed E-state index contributed by atoms with van der Waals surface area (Å²) in [7, 11) is 0. The number of nitrogens with zero attached hydrogens (tertiary/aromatic N) is 5. The second-order valence-corrected chi connectivity index (χ2v) is 4.37. The maximum absolute atomic E-state index is 4.18. The van der Waals surface area contributed by atoms with Crippen molar-refractivity contribution in [3.63, 3.8) is 0 Å². The largest absolute Gasteiger partial charge is 0.333 e. The quantitative estimate of drug-likeness (QED) is 0.780. The van der Waals surface area contributed by atoms with E-state index in [9.17, 15) is 0 Å². The van der Waals surface area contributed by atoms with E-state index >= 15 is 0 Å². The Morgan fingerprint density at radius 3 is 2.94 bits per heavy atom. The number of halogens is 1. The average Bonchev–Trinajstić information content (AvgIpc) is 2.86. The minimum Gasteiger partial charge on any atom is -0.333 e. The molecular formula is C10H14BrN5. The molecule has 16 heavy (non-hydrogen) atoms. The molecule has 2 aromatic rings. The molecule has 0 saturated carbocycles. The monoisotopic (exact) mass is 283 g/mol. The van der Waals surface area contributed by atoms with E-state index in [0.29, 0.717) is 0 Å². The van der Waals surface area contributed by atoms with Crippen LogP contribution in [0.4, 0.5) is 0 Å². The van der Waals surface area contributed by atoms with Gasteiger partial charge >= 0.3 is 0 Å². The molecule has 0 aliphatic heterocycles. The number of rotatable bonds is 5. The van der Waals surface area contributed by atoms with Gasteiger partial charge in [0.1, 0.15) is 5.82 Å². The second kappa shape index (κ2) is 5.25. The van der Waals surface area contributed by atoms with E-state index in [0.717, 1.165) is 36.4 Å². The third kappa shape index (κ3) is 2.69. The zero-order valence-electron chi connectivity index (χ0n) is 9.17. The SMILES string of the molecule is Cc1nccn1CCn1cc(CCBr)nn1. The van der Waals surface area contributed by atoms with Crippen LogP contribution in [0.5, 0.6) is 0 Å². The van der Waals surface area contributed by atoms with Crippen LogP contribution in [0.1, 0.15) is 11.5 Å². The van der Waals surface area contributed by atoms with Gasteiger partial charge in [0.05, 0.1) is 12.2 Å². The number of hydrogen-bond acceptors (Lipinski definition) is 3. The molecule has 0 N–H and O–H groups in total. The Kier molecular flexibility index (Phi) is 3.71. The van der Waals surface area contributed by atoms with E-state index < -0.39 is 0 Å². The summed E-state index contributed by atoms with van der Waals surface area (Å²) >= 11 is 3.39. The molecule has 0 aliphatic carbocycles. The molecule has 6 heteroatoms. The molecule has 0 spiro atoms. The number of alkyl halides is 1. The summed E-state index contributed by atoms with van der Waals surface area (Å²) in [6.07, 6.45) is 6.70. The fourth-order valence-corrected chi connectivity index (χ4v) is 1.92. The van der Waals surface area contributed by atoms with Gasteiger partial charge in [0.15, 0.2) is 0 Å². The van der Waals surface area contributed by atoms with E-state index in [1.807, 2.05) is 30.2 Å². The summed E-state index contributed by atoms with van der Waals surface area (Å²) in [6.45, 7) is 3.70. The van der Waals surface area contributed by atoms with Gasteiger partial charge < -0.3 is 4.57 Å². The lowest BCUT2D eigenvalue weighted by Crippen LogP contribution is -2.08. The average molecular weight is 284 g/mol. The maximum atomic E-state index is 4.18. The molecule has 0 unspecified atom stereocenters. The van der Waals surface area contributed by atoms with Crippen molar-refractivity contribution >= 4 is 15.9 Å². The van der Waals surface area contributed by atoms with Crippen LogP contribution < -0.4 is 0 Å². The number of imidazole rings is 1. The van der Waals surface area contributed by atoms with Gasteiger partial charge in [0.2, 0.25) is 0 Å². The molecule has 0 bridgehead atoms. The Bertz CT molecular complexity index is 448. The van der Waals surface area contributed by atoms with E-state index in [4.69, 9.17) is 0 Å². The molecule has 0 amide bonds. The Hall–Kier alpha value is -1.17. The molecule has 0 radical (unpaired) electrons. The molecule has 86 valence electrons. The number of aryl methyl sites for hydroxylation is 4. The van der Waals surface area contributed by atoms with Crippen molar-refractivity contribution < 1.29 is 0 Å². The Labute approximate surface area is 103 Å². The molecule has 0 saturated heterocycles. The highest BCUT2D eigenvalue weighted by molar-refractivity contribution is 9.09. The third-order valence-electron chi connectivity index (χ3n) is 2.43. The van der Waals surface area contributed by atoms with Crippen molar-refractivity contribution in [2.75, 3.05) is 5.33 Å². The standard InChI is InChI=1S/C10H14BrN5/c1-9-12-4-5-15(9)6-7-16-8-10(2-3-11)13-14-16/h4-5,8H,2-3,6-7H2,1H3. The Morgan fingerprint density at radius 2 is 2.25 bits per heavy atom. The van der Waals surface area contributed by atoms with E-state index in [2.05, 4.69) is 35.8 Å². The van der Waals surface area contributed by atoms with Gasteiger partial charge in [-0.25, -0.2) is 4.98 Å². The smallest absolute Gasteiger partial charge is 0.105 e. The Balaban J connectivity index is 1.92. The highest BCUT2D eigenvalue weighted by Crippen LogP contribution is 1.99. The van der Waals surface area contributed by atoms with Gasteiger partial charge in [0, 0.05) is 36.9 Å². The van der Waals surface area contributed by atoms with Crippen molar-refractivity contribution in [1.29, 1.82) is 0 Å². The Morgan fingerprint density at radius 1 is 1.38 bits per heavy atom. The lowest BCUT2D eigenvalue weighted by molar-refractivity contribution is 0.513. The molecule has 0 atom stereocenters. The van der Waals surface area contributed by atoms with Crippen LogP contribution in [0.3, 0.4) is 0 Å². The first-order chi connectivity index (χ1) is 7.79. The van der Waals surface area contributed by atoms with Crippen molar-refractivity contribution in [1.82, 2.24) is 24.5 Å². The molecule has 0 fully saturated rings. The molecule has 5 nitrogen and oxygen atoms in total. The van der Waals surface area contributed by atoms with E-state index in [-0.39, 0.29) is 0 Å². The van der Waals surface area contributed by atoms with Crippen molar-refractivity contribution in [2.45, 2.75) is 26.4 Å². The van der Waals surface area contributed by atoms with E-state index in [1.54, 1.807) is 0 Å². The lowest BCUT2D eigenvalue weighted by atomic mass is 10.4. The molecule has 2 heterocycles. The third-order valence-corrected chi connectivity index (χ3v) is 2.83. The van der Waals surface area contributed by atoms with Crippen LogP contribution in [0.15, 0.2) is 18.6 Å². The topological polar surface area (TPSA) is 48.5 Å². The van der Waals surface area contributed by atoms with Crippen molar-refractivity contribution in [2.24, 2.45) is 0 Å². The van der Waals surface area contributed by atoms with Crippen LogP contribution in [0, 0.1) is 6.92 Å². The predicted molar refractivity (Wildman–Crippen MR) is 64.5 cm³/mol. The fraction of sp³-hybridized carbons (Fsp3) is 0.500. The molecular weight excluding hydrogens is 270 g/mol. The first kappa shape index (κ1) is 11.3. The highest BCUT2D eigenvalue weighted by Gasteiger charge is 2.01. The lowest BCUT2D eigenvalue weighted by Gasteiger charge is -2.03. The molecule has 0 aliphatic rings. The van der Waals surface area contributed by atoms with Crippen LogP contribution in [0.25, 0.3) is 0 Å². The van der Waals surface area contributed by atoms with Crippen LogP contribution in [0.2, 0.25) is 0 Å². The van der Waals surface area contributed by atoms with Crippen molar-refractivity contribution in [3.8, 4) is 0 Å². The molecule has 2 rings (SSSR count). The first-order valence-electron chi connectivity index (χ1n) is 5.22. The van der Waals surface area contributed by atoms with Gasteiger partial charge in [-0.1, -0.05) is 21.1 Å². The highest BCUT2D eigenvalue weighted by atomic mass is 79.9. The van der Waals surface area contributed by atoms with Crippen molar-refractivity contribution in [3.05, 3.63) is 30.1 Å². The predicted octanol–water partition coefficient (Wildman–Crippen LogP) is 1.42. The normalized spacial score (nSPS) is 10.9. The first-order valence-corrected chi connectivity index (χ1v) is 6.34. The molecule has 2 aromatic heterocycles. The summed E-state index contributed by atoms with van der Waals surface area (Å²) in [5.41, 5.74) is 1.03. The zero-order valence-corrected chi connectivity index (χ0v) is 10.8. The van der Waals surface area contributed by atoms with E-state index in [1.165, 1.54) is 0 Å². The summed E-state index contributed by atoms with van der Waals surface area (Å²) in [4.78, 5) is 4.18. The zero-order chi connectivity index (χ0) is 11.4. The summed E-state index contributed by atoms with van der Waals surface area (Å²) in [5.74, 6) is 1.03. The second-order valence-electron chi connectivity index (χ2n) is 3.58. The van der Waals surface area contributed by atoms with Gasteiger partial charge in [-0.3, -0.25) is 4.68 Å². The van der Waals surface area contributed by atoms with Gasteiger partial charge in [-0.05, 0) is 6.92 Å². The summed E-state index contributed by atoms with van der Waals surface area (Å²) < 4.78 is 3.98. The summed E-state index contributed by atoms with van der Waals surface area (Å²) in [5, 5.41) is 9.09. The van der Waals surface area contributed by atoms with Crippen LogP contribution in [-0.2, 0) is 19.5 Å². The number of aromatic nitrogens is 5. The minimum atomic E-state index is 0.826. The number of hydrogen-bond donors (Lipinski definition) is 0. The van der Waals surface area contributed by atoms with Crippen LogP contribution in [-0.4, -0.2) is 29.9 Å². The molecule has 0 aromatic carbocycles. The fourth-order valence-electron chi connectivity index (χ4n) is 1.51. The minimum absolute atomic E-state index is 0.826.